The lowest BCUT2D eigenvalue weighted by Gasteiger charge is -2.41. The van der Waals surface area contributed by atoms with E-state index in [2.05, 4.69) is 32.1 Å². The average Bonchev–Trinajstić information content (AvgIpc) is 2.46. The number of hydrogen-bond donors (Lipinski definition) is 4. The van der Waals surface area contributed by atoms with Crippen molar-refractivity contribution in [2.24, 2.45) is 23.7 Å². The Labute approximate surface area is 139 Å². The number of allylic oxidation sites excluding steroid dienone is 3. The summed E-state index contributed by atoms with van der Waals surface area (Å²) in [7, 11) is 0. The Morgan fingerprint density at radius 3 is 2.61 bits per heavy atom. The molecule has 7 atom stereocenters. The molecular formula is C19H32O4. The second-order valence-electron chi connectivity index (χ2n) is 7.49. The molecule has 0 unspecified atom stereocenters. The number of aliphatic hydroxyl groups excluding tert-OH is 4. The molecule has 0 saturated carbocycles. The molecule has 4 nitrogen and oxygen atoms in total. The maximum atomic E-state index is 10.5. The monoisotopic (exact) mass is 339 g/mol. The lowest BCUT2D eigenvalue weighted by Crippen LogP contribution is -2.38. The molecule has 0 fully saturated rings. The van der Waals surface area contributed by atoms with Gasteiger partial charge >= 0.3 is 0 Å². The predicted octanol–water partition coefficient (Wildman–Crippen LogP) is 2.03. The first-order chi connectivity index (χ1) is 10.9. The molecule has 0 amide bonds. The molecule has 4 heteroatoms. The van der Waals surface area contributed by atoms with Gasteiger partial charge in [0.15, 0.2) is 0 Å². The van der Waals surface area contributed by atoms with Gasteiger partial charge in [0.1, 0.15) is 0 Å². The third kappa shape index (κ3) is 4.90. The number of hydrogen-bond acceptors (Lipinski definition) is 4. The Morgan fingerprint density at radius 2 is 1.91 bits per heavy atom. The van der Waals surface area contributed by atoms with E-state index in [1.54, 1.807) is 0 Å². The highest BCUT2D eigenvalue weighted by Crippen LogP contribution is 2.43. The van der Waals surface area contributed by atoms with Crippen LogP contribution >= 0.6 is 0 Å². The van der Waals surface area contributed by atoms with E-state index in [0.29, 0.717) is 37.0 Å². The number of fused-ring (bicyclic) bond motifs is 1. The Hall–Kier alpha value is -0.680. The van der Waals surface area contributed by atoms with Crippen LogP contribution in [0.2, 0.25) is 0 Å². The molecule has 0 radical (unpaired) electrons. The van der Waals surface area contributed by atoms with Crippen LogP contribution in [0.25, 0.3) is 0 Å². The number of aliphatic hydroxyl groups is 4. The van der Waals surface area contributed by atoms with Crippen molar-refractivity contribution in [2.75, 3.05) is 6.61 Å². The fraction of sp³-hybridized carbons (Fsp3) is 0.789. The van der Waals surface area contributed by atoms with Crippen LogP contribution in [0.15, 0.2) is 23.8 Å². The van der Waals surface area contributed by atoms with Crippen molar-refractivity contribution in [1.29, 1.82) is 0 Å². The van der Waals surface area contributed by atoms with Gasteiger partial charge in [0.05, 0.1) is 18.3 Å². The molecule has 132 valence electrons. The maximum absolute atomic E-state index is 10.5. The Morgan fingerprint density at radius 1 is 1.22 bits per heavy atom. The fourth-order valence-corrected chi connectivity index (χ4v) is 4.22. The predicted molar refractivity (Wildman–Crippen MR) is 90.7 cm³/mol. The zero-order valence-electron chi connectivity index (χ0n) is 14.3. The summed E-state index contributed by atoms with van der Waals surface area (Å²) in [6.45, 7) is 4.26. The lowest BCUT2D eigenvalue weighted by atomic mass is 10.1. The summed E-state index contributed by atoms with van der Waals surface area (Å²) in [5.74, 6) is 1.29. The highest BCUT2D eigenvalue weighted by atomic mass is 18.2. The first-order valence-corrected chi connectivity index (χ1v) is 8.97. The van der Waals surface area contributed by atoms with Crippen molar-refractivity contribution in [1.82, 2.24) is 0 Å². The zero-order chi connectivity index (χ0) is 17.0. The van der Waals surface area contributed by atoms with Gasteiger partial charge in [-0.25, -0.2) is 0 Å². The molecule has 2 rings (SSSR count). The molecule has 0 aromatic carbocycles. The molecule has 0 heterocycles. The van der Waals surface area contributed by atoms with E-state index in [-0.39, 0.29) is 18.6 Å². The molecule has 0 aromatic rings. The molecule has 23 heavy (non-hydrogen) atoms. The van der Waals surface area contributed by atoms with Crippen LogP contribution < -0.4 is 0 Å². The Balaban J connectivity index is 1.95. The molecule has 2 aliphatic carbocycles. The van der Waals surface area contributed by atoms with Crippen molar-refractivity contribution in [3.8, 4) is 0 Å². The van der Waals surface area contributed by atoms with E-state index in [9.17, 15) is 15.3 Å². The minimum Gasteiger partial charge on any atom is -0.396 e. The molecule has 0 aliphatic heterocycles. The van der Waals surface area contributed by atoms with E-state index < -0.39 is 12.2 Å². The minimum absolute atomic E-state index is 0.0566. The lowest BCUT2D eigenvalue weighted by molar-refractivity contribution is 0.0340. The van der Waals surface area contributed by atoms with Crippen LogP contribution in [0.3, 0.4) is 0 Å². The third-order valence-corrected chi connectivity index (χ3v) is 5.46. The van der Waals surface area contributed by atoms with Crippen molar-refractivity contribution in [3.05, 3.63) is 23.8 Å². The first-order valence-electron chi connectivity index (χ1n) is 8.97. The van der Waals surface area contributed by atoms with Gasteiger partial charge in [-0.15, -0.1) is 0 Å². The summed E-state index contributed by atoms with van der Waals surface area (Å²) in [5, 5.41) is 39.2. The van der Waals surface area contributed by atoms with E-state index in [1.165, 1.54) is 5.57 Å². The summed E-state index contributed by atoms with van der Waals surface area (Å²) in [6, 6.07) is 0. The quantitative estimate of drug-likeness (QED) is 0.423. The average molecular weight is 339 g/mol. The zero-order valence-corrected chi connectivity index (χ0v) is 14.3. The van der Waals surface area contributed by atoms with Gasteiger partial charge in [0, 0.05) is 12.5 Å². The summed E-state index contributed by atoms with van der Waals surface area (Å²) in [6.07, 6.45) is 8.03. The van der Waals surface area contributed by atoms with E-state index in [1.807, 2.05) is 0 Å². The topological polar surface area (TPSA) is 80.9 Å². The maximum Gasteiger partial charge on any atom is 0.0617 e. The van der Waals surface area contributed by atoms with Crippen LogP contribution in [0, 0.1) is 23.7 Å². The van der Waals surface area contributed by atoms with Gasteiger partial charge in [-0.05, 0) is 55.4 Å². The fourth-order valence-electron chi connectivity index (χ4n) is 4.22. The van der Waals surface area contributed by atoms with Gasteiger partial charge in [0.25, 0.3) is 0 Å². The Bertz CT molecular complexity index is 431. The van der Waals surface area contributed by atoms with Crippen LogP contribution in [-0.2, 0) is 0 Å². The van der Waals surface area contributed by atoms with Crippen molar-refractivity contribution >= 4 is 0 Å². The van der Waals surface area contributed by atoms with E-state index >= 15 is 0 Å². The van der Waals surface area contributed by atoms with Gasteiger partial charge in [-0.2, -0.15) is 0 Å². The summed E-state index contributed by atoms with van der Waals surface area (Å²) in [4.78, 5) is 0. The second-order valence-corrected chi connectivity index (χ2v) is 7.49. The van der Waals surface area contributed by atoms with Gasteiger partial charge in [-0.3, -0.25) is 0 Å². The summed E-state index contributed by atoms with van der Waals surface area (Å²) >= 11 is 0. The SMILES string of the molecule is C[C@H]1[13CH]=C2[13CH]=C[13C@H](C)[C@H]([13CH2]C[13C@H]([18OH])C[13C@H]([18OH])C[13CH2][18OH])[13C@H]2[C@@H](O)[13CH2]1. The summed E-state index contributed by atoms with van der Waals surface area (Å²) in [5.41, 5.74) is 1.24. The van der Waals surface area contributed by atoms with E-state index in [4.69, 9.17) is 5.11 Å². The molecular weight excluding hydrogens is 307 g/mol. The minimum atomic E-state index is -0.643. The van der Waals surface area contributed by atoms with Crippen molar-refractivity contribution in [3.63, 3.8) is 0 Å². The molecule has 0 saturated heterocycles. The first kappa shape index (κ1) is 18.7. The standard InChI is InChI=1S/C19H32O4/c1-12-9-14-4-3-13(2)17(19(14)18(23)10-12)6-5-15(21)11-16(22)7-8-20/h3-4,9,12-13,15-23H,5-8,10-11H2,1-2H3/t12-,13-,15-,16+,17-,18-,19-/m0/s1/i4+1,6+1,8+1,9+1,10+1,13+1,15+1,16+1,19+1,20+2,21+2,22+2. The van der Waals surface area contributed by atoms with Crippen LogP contribution in [0.5, 0.6) is 0 Å². The van der Waals surface area contributed by atoms with Crippen LogP contribution in [0.4, 0.5) is 0 Å². The molecule has 4 N–H and O–H groups in total. The Kier molecular flexibility index (Phi) is 6.84. The second kappa shape index (κ2) is 8.43. The largest absolute Gasteiger partial charge is 0.396 e. The van der Waals surface area contributed by atoms with Crippen molar-refractivity contribution < 1.29 is 20.4 Å². The normalized spacial score (nSPS) is 36.3. The third-order valence-electron chi connectivity index (χ3n) is 5.46. The highest BCUT2D eigenvalue weighted by Gasteiger charge is 2.38. The van der Waals surface area contributed by atoms with Gasteiger partial charge < -0.3 is 20.4 Å². The highest BCUT2D eigenvalue weighted by molar-refractivity contribution is 5.31. The molecule has 0 bridgehead atoms. The van der Waals surface area contributed by atoms with Gasteiger partial charge in [0.2, 0.25) is 0 Å². The molecule has 0 spiro atoms. The van der Waals surface area contributed by atoms with Gasteiger partial charge in [-0.1, -0.05) is 32.1 Å². The number of rotatable bonds is 7. The molecule has 0 aromatic heterocycles. The molecule has 2 aliphatic rings. The van der Waals surface area contributed by atoms with E-state index in [0.717, 1.165) is 12.8 Å². The van der Waals surface area contributed by atoms with Crippen molar-refractivity contribution in [2.45, 2.75) is 64.3 Å². The smallest absolute Gasteiger partial charge is 0.0617 e. The van der Waals surface area contributed by atoms with Crippen LogP contribution in [0.1, 0.15) is 46.0 Å². The van der Waals surface area contributed by atoms with Crippen LogP contribution in [-0.4, -0.2) is 45.3 Å². The summed E-state index contributed by atoms with van der Waals surface area (Å²) < 4.78 is 0.